The quantitative estimate of drug-likeness (QED) is 0.699. The fourth-order valence-corrected chi connectivity index (χ4v) is 1.71. The molecule has 100 valence electrons. The summed E-state index contributed by atoms with van der Waals surface area (Å²) in [6, 6.07) is 9.12. The van der Waals surface area contributed by atoms with Gasteiger partial charge in [0.25, 0.3) is 0 Å². The summed E-state index contributed by atoms with van der Waals surface area (Å²) in [6.07, 6.45) is -0.156. The van der Waals surface area contributed by atoms with Crippen molar-refractivity contribution in [2.75, 3.05) is 20.6 Å². The van der Waals surface area contributed by atoms with Gasteiger partial charge in [-0.3, -0.25) is 0 Å². The van der Waals surface area contributed by atoms with E-state index in [0.717, 1.165) is 5.56 Å². The minimum absolute atomic E-state index is 0.216. The second-order valence-electron chi connectivity index (χ2n) is 4.36. The number of amides is 2. The molecule has 0 saturated heterocycles. The van der Waals surface area contributed by atoms with Gasteiger partial charge in [-0.15, -0.1) is 0 Å². The zero-order chi connectivity index (χ0) is 13.5. The highest BCUT2D eigenvalue weighted by Crippen LogP contribution is 2.05. The topological polar surface area (TPSA) is 78.6 Å². The minimum Gasteiger partial charge on any atom is -0.390 e. The molecule has 5 heteroatoms. The van der Waals surface area contributed by atoms with Crippen LogP contribution in [0.25, 0.3) is 0 Å². The Morgan fingerprint density at radius 2 is 2.06 bits per heavy atom. The number of nitrogens with zero attached hydrogens (tertiary/aromatic N) is 1. The molecule has 1 aromatic rings. The van der Waals surface area contributed by atoms with Gasteiger partial charge in [0.2, 0.25) is 0 Å². The van der Waals surface area contributed by atoms with E-state index in [1.54, 1.807) is 14.1 Å². The first kappa shape index (κ1) is 14.5. The summed E-state index contributed by atoms with van der Waals surface area (Å²) < 4.78 is 0. The Kier molecular flexibility index (Phi) is 5.61. The standard InChI is InChI=1S/C13H21N3O2/c1-15-13(18)16(2)9-12(17)11(14)8-10-6-4-3-5-7-10/h3-7,11-12,17H,8-9,14H2,1-2H3,(H,15,18)/t11-,12+/m0/s1. The number of urea groups is 1. The van der Waals surface area contributed by atoms with Gasteiger partial charge in [0.15, 0.2) is 0 Å². The van der Waals surface area contributed by atoms with E-state index in [1.807, 2.05) is 30.3 Å². The number of nitrogens with two attached hydrogens (primary N) is 1. The number of aliphatic hydroxyl groups excluding tert-OH is 1. The molecule has 0 aliphatic heterocycles. The molecular formula is C13H21N3O2. The van der Waals surface area contributed by atoms with Crippen LogP contribution in [0.4, 0.5) is 4.79 Å². The SMILES string of the molecule is CNC(=O)N(C)C[C@@H](O)[C@@H](N)Cc1ccccc1. The molecule has 5 nitrogen and oxygen atoms in total. The van der Waals surface area contributed by atoms with Crippen molar-refractivity contribution in [3.05, 3.63) is 35.9 Å². The number of hydrogen-bond donors (Lipinski definition) is 3. The lowest BCUT2D eigenvalue weighted by atomic mass is 10.0. The molecule has 2 amide bonds. The van der Waals surface area contributed by atoms with Crippen LogP contribution in [0.15, 0.2) is 30.3 Å². The third kappa shape index (κ3) is 4.35. The highest BCUT2D eigenvalue weighted by atomic mass is 16.3. The van der Waals surface area contributed by atoms with E-state index < -0.39 is 6.10 Å². The number of carbonyl (C=O) groups excluding carboxylic acids is 1. The van der Waals surface area contributed by atoms with Crippen LogP contribution in [0, 0.1) is 0 Å². The van der Waals surface area contributed by atoms with E-state index in [9.17, 15) is 9.90 Å². The highest BCUT2D eigenvalue weighted by Gasteiger charge is 2.19. The Bertz CT molecular complexity index is 370. The Labute approximate surface area is 108 Å². The van der Waals surface area contributed by atoms with Gasteiger partial charge in [0, 0.05) is 26.7 Å². The molecule has 2 atom stereocenters. The van der Waals surface area contributed by atoms with Gasteiger partial charge in [-0.05, 0) is 12.0 Å². The van der Waals surface area contributed by atoms with Crippen molar-refractivity contribution in [1.29, 1.82) is 0 Å². The van der Waals surface area contributed by atoms with Gasteiger partial charge in [0.05, 0.1) is 6.10 Å². The fourth-order valence-electron chi connectivity index (χ4n) is 1.71. The molecule has 0 spiro atoms. The summed E-state index contributed by atoms with van der Waals surface area (Å²) in [7, 11) is 3.17. The van der Waals surface area contributed by atoms with E-state index in [1.165, 1.54) is 4.90 Å². The number of carbonyl (C=O) groups is 1. The van der Waals surface area contributed by atoms with E-state index in [2.05, 4.69) is 5.32 Å². The number of likely N-dealkylation sites (N-methyl/N-ethyl adjacent to an activating group) is 1. The average Bonchev–Trinajstić information content (AvgIpc) is 2.38. The molecule has 18 heavy (non-hydrogen) atoms. The van der Waals surface area contributed by atoms with Crippen LogP contribution in [0.1, 0.15) is 5.56 Å². The van der Waals surface area contributed by atoms with Crippen molar-refractivity contribution in [3.63, 3.8) is 0 Å². The molecule has 0 unspecified atom stereocenters. The van der Waals surface area contributed by atoms with Crippen LogP contribution in [-0.2, 0) is 6.42 Å². The zero-order valence-corrected chi connectivity index (χ0v) is 10.8. The summed E-state index contributed by atoms with van der Waals surface area (Å²) in [5.74, 6) is 0. The van der Waals surface area contributed by atoms with Crippen LogP contribution in [0.5, 0.6) is 0 Å². The zero-order valence-electron chi connectivity index (χ0n) is 10.8. The van der Waals surface area contributed by atoms with Gasteiger partial charge in [0.1, 0.15) is 0 Å². The normalized spacial score (nSPS) is 13.8. The molecule has 0 aliphatic rings. The summed E-state index contributed by atoms with van der Waals surface area (Å²) in [6.45, 7) is 0.216. The summed E-state index contributed by atoms with van der Waals surface area (Å²) in [5, 5.41) is 12.4. The van der Waals surface area contributed by atoms with Gasteiger partial charge in [-0.25, -0.2) is 4.79 Å². The Morgan fingerprint density at radius 1 is 1.44 bits per heavy atom. The van der Waals surface area contributed by atoms with Crippen LogP contribution < -0.4 is 11.1 Å². The Morgan fingerprint density at radius 3 is 2.61 bits per heavy atom. The Balaban J connectivity index is 2.46. The van der Waals surface area contributed by atoms with Crippen LogP contribution >= 0.6 is 0 Å². The highest BCUT2D eigenvalue weighted by molar-refractivity contribution is 5.73. The number of nitrogens with one attached hydrogen (secondary N) is 1. The lowest BCUT2D eigenvalue weighted by Gasteiger charge is -2.24. The molecule has 0 fully saturated rings. The van der Waals surface area contributed by atoms with Crippen LogP contribution in [-0.4, -0.2) is 48.8 Å². The third-order valence-corrected chi connectivity index (χ3v) is 2.83. The second-order valence-corrected chi connectivity index (χ2v) is 4.36. The third-order valence-electron chi connectivity index (χ3n) is 2.83. The first-order valence-corrected chi connectivity index (χ1v) is 5.95. The molecule has 4 N–H and O–H groups in total. The van der Waals surface area contributed by atoms with Crippen molar-refractivity contribution >= 4 is 6.03 Å². The molecular weight excluding hydrogens is 230 g/mol. The first-order chi connectivity index (χ1) is 8.54. The maximum absolute atomic E-state index is 11.3. The molecule has 1 aromatic carbocycles. The smallest absolute Gasteiger partial charge is 0.316 e. The molecule has 0 radical (unpaired) electrons. The number of hydrogen-bond acceptors (Lipinski definition) is 3. The monoisotopic (exact) mass is 251 g/mol. The lowest BCUT2D eigenvalue weighted by Crippen LogP contribution is -2.47. The van der Waals surface area contributed by atoms with Gasteiger partial charge in [-0.1, -0.05) is 30.3 Å². The van der Waals surface area contributed by atoms with Gasteiger partial charge in [-0.2, -0.15) is 0 Å². The predicted molar refractivity (Wildman–Crippen MR) is 71.2 cm³/mol. The van der Waals surface area contributed by atoms with Crippen molar-refractivity contribution in [2.24, 2.45) is 5.73 Å². The van der Waals surface area contributed by atoms with Crippen molar-refractivity contribution in [3.8, 4) is 0 Å². The number of aliphatic hydroxyl groups is 1. The van der Waals surface area contributed by atoms with Gasteiger partial charge >= 0.3 is 6.03 Å². The number of benzene rings is 1. The number of rotatable bonds is 5. The summed E-state index contributed by atoms with van der Waals surface area (Å²) in [4.78, 5) is 12.7. The fraction of sp³-hybridized carbons (Fsp3) is 0.462. The molecule has 0 heterocycles. The van der Waals surface area contributed by atoms with E-state index >= 15 is 0 Å². The largest absolute Gasteiger partial charge is 0.390 e. The van der Waals surface area contributed by atoms with Crippen molar-refractivity contribution in [1.82, 2.24) is 10.2 Å². The van der Waals surface area contributed by atoms with E-state index in [4.69, 9.17) is 5.73 Å². The van der Waals surface area contributed by atoms with Gasteiger partial charge < -0.3 is 21.1 Å². The lowest BCUT2D eigenvalue weighted by molar-refractivity contribution is 0.109. The van der Waals surface area contributed by atoms with E-state index in [-0.39, 0.29) is 18.6 Å². The van der Waals surface area contributed by atoms with E-state index in [0.29, 0.717) is 6.42 Å². The maximum atomic E-state index is 11.3. The predicted octanol–water partition coefficient (Wildman–Crippen LogP) is 0.189. The molecule has 1 rings (SSSR count). The summed E-state index contributed by atoms with van der Waals surface area (Å²) >= 11 is 0. The summed E-state index contributed by atoms with van der Waals surface area (Å²) in [5.41, 5.74) is 7.01. The molecule has 0 aliphatic carbocycles. The van der Waals surface area contributed by atoms with Crippen LogP contribution in [0.3, 0.4) is 0 Å². The average molecular weight is 251 g/mol. The molecule has 0 bridgehead atoms. The molecule has 0 aromatic heterocycles. The molecule has 0 saturated carbocycles. The van der Waals surface area contributed by atoms with Crippen molar-refractivity contribution < 1.29 is 9.90 Å². The minimum atomic E-state index is -0.743. The van der Waals surface area contributed by atoms with Crippen molar-refractivity contribution in [2.45, 2.75) is 18.6 Å². The Hall–Kier alpha value is -1.59. The maximum Gasteiger partial charge on any atom is 0.316 e. The first-order valence-electron chi connectivity index (χ1n) is 5.95. The van der Waals surface area contributed by atoms with Crippen LogP contribution in [0.2, 0.25) is 0 Å². The second kappa shape index (κ2) is 6.98.